The van der Waals surface area contributed by atoms with Gasteiger partial charge in [0.25, 0.3) is 0 Å². The van der Waals surface area contributed by atoms with E-state index in [1.165, 1.54) is 4.57 Å². The SMILES string of the molecule is Cc1sc(=O)n(CCC(=O)N2C[C@@H](C(F)(F)F)[C@H](C(=O)O)C2)c1C. The average molecular weight is 366 g/mol. The quantitative estimate of drug-likeness (QED) is 0.879. The van der Waals surface area contributed by atoms with Crippen molar-refractivity contribution in [1.29, 1.82) is 0 Å². The summed E-state index contributed by atoms with van der Waals surface area (Å²) in [6.45, 7) is 2.45. The van der Waals surface area contributed by atoms with Gasteiger partial charge in [-0.2, -0.15) is 13.2 Å². The Balaban J connectivity index is 2.05. The molecule has 24 heavy (non-hydrogen) atoms. The van der Waals surface area contributed by atoms with Gasteiger partial charge in [0, 0.05) is 36.6 Å². The van der Waals surface area contributed by atoms with Gasteiger partial charge in [0.15, 0.2) is 0 Å². The first-order chi connectivity index (χ1) is 11.0. The van der Waals surface area contributed by atoms with Crippen LogP contribution in [0.25, 0.3) is 0 Å². The molecule has 1 aromatic rings. The first-order valence-corrected chi connectivity index (χ1v) is 8.08. The monoisotopic (exact) mass is 366 g/mol. The molecule has 1 N–H and O–H groups in total. The van der Waals surface area contributed by atoms with Gasteiger partial charge in [-0.05, 0) is 13.8 Å². The Bertz CT molecular complexity index is 710. The summed E-state index contributed by atoms with van der Waals surface area (Å²) in [4.78, 5) is 36.4. The molecule has 2 rings (SSSR count). The molecule has 1 amide bonds. The van der Waals surface area contributed by atoms with Crippen molar-refractivity contribution in [2.45, 2.75) is 33.0 Å². The van der Waals surface area contributed by atoms with Gasteiger partial charge in [-0.3, -0.25) is 14.4 Å². The van der Waals surface area contributed by atoms with E-state index in [2.05, 4.69) is 0 Å². The van der Waals surface area contributed by atoms with Crippen LogP contribution in [0.5, 0.6) is 0 Å². The summed E-state index contributed by atoms with van der Waals surface area (Å²) in [5, 5.41) is 8.95. The van der Waals surface area contributed by atoms with Gasteiger partial charge in [0.2, 0.25) is 5.91 Å². The highest BCUT2D eigenvalue weighted by molar-refractivity contribution is 7.09. The minimum absolute atomic E-state index is 0.0682. The molecule has 1 aliphatic heterocycles. The lowest BCUT2D eigenvalue weighted by atomic mass is 9.96. The molecule has 1 fully saturated rings. The number of hydrogen-bond donors (Lipinski definition) is 1. The second-order valence-corrected chi connectivity index (χ2v) is 6.97. The number of aromatic nitrogens is 1. The summed E-state index contributed by atoms with van der Waals surface area (Å²) in [5.41, 5.74) is 0.718. The van der Waals surface area contributed by atoms with Gasteiger partial charge in [0.1, 0.15) is 0 Å². The molecular formula is C14H17F3N2O4S. The van der Waals surface area contributed by atoms with Crippen molar-refractivity contribution < 1.29 is 27.9 Å². The minimum atomic E-state index is -4.67. The first kappa shape index (κ1) is 18.5. The highest BCUT2D eigenvalue weighted by Crippen LogP contribution is 2.37. The molecule has 10 heteroatoms. The number of likely N-dealkylation sites (tertiary alicyclic amines) is 1. The minimum Gasteiger partial charge on any atom is -0.481 e. The number of rotatable bonds is 4. The fraction of sp³-hybridized carbons (Fsp3) is 0.643. The second-order valence-electron chi connectivity index (χ2n) is 5.80. The summed E-state index contributed by atoms with van der Waals surface area (Å²) >= 11 is 1.04. The van der Waals surface area contributed by atoms with E-state index in [9.17, 15) is 27.6 Å². The molecule has 1 aliphatic rings. The number of amides is 1. The highest BCUT2D eigenvalue weighted by atomic mass is 32.1. The van der Waals surface area contributed by atoms with Crippen LogP contribution >= 0.6 is 11.3 Å². The van der Waals surface area contributed by atoms with Crippen LogP contribution < -0.4 is 4.87 Å². The number of carbonyl (C=O) groups excluding carboxylic acids is 1. The van der Waals surface area contributed by atoms with Crippen molar-refractivity contribution in [2.75, 3.05) is 13.1 Å². The average Bonchev–Trinajstić information content (AvgIpc) is 3.00. The highest BCUT2D eigenvalue weighted by Gasteiger charge is 2.53. The van der Waals surface area contributed by atoms with Crippen LogP contribution in [0.2, 0.25) is 0 Å². The van der Waals surface area contributed by atoms with Crippen molar-refractivity contribution in [2.24, 2.45) is 11.8 Å². The lowest BCUT2D eigenvalue weighted by molar-refractivity contribution is -0.188. The Kier molecular flexibility index (Phi) is 5.07. The molecule has 0 unspecified atom stereocenters. The molecule has 0 bridgehead atoms. The van der Waals surface area contributed by atoms with Crippen LogP contribution in [-0.2, 0) is 16.1 Å². The van der Waals surface area contributed by atoms with E-state index in [-0.39, 0.29) is 17.8 Å². The molecule has 134 valence electrons. The number of aliphatic carboxylic acids is 1. The molecule has 2 heterocycles. The number of aryl methyl sites for hydroxylation is 1. The number of carboxylic acid groups (broad SMARTS) is 1. The Morgan fingerprint density at radius 3 is 2.33 bits per heavy atom. The zero-order valence-electron chi connectivity index (χ0n) is 13.1. The van der Waals surface area contributed by atoms with E-state index < -0.39 is 43.0 Å². The first-order valence-electron chi connectivity index (χ1n) is 7.26. The van der Waals surface area contributed by atoms with Gasteiger partial charge in [-0.1, -0.05) is 11.3 Å². The number of carbonyl (C=O) groups is 2. The molecule has 6 nitrogen and oxygen atoms in total. The number of thiazole rings is 1. The van der Waals surface area contributed by atoms with E-state index >= 15 is 0 Å². The van der Waals surface area contributed by atoms with Gasteiger partial charge in [0.05, 0.1) is 11.8 Å². The Hall–Kier alpha value is -1.84. The maximum Gasteiger partial charge on any atom is 0.394 e. The van der Waals surface area contributed by atoms with Crippen LogP contribution in [0.15, 0.2) is 4.79 Å². The Morgan fingerprint density at radius 1 is 1.29 bits per heavy atom. The second kappa shape index (κ2) is 6.58. The number of halogens is 3. The van der Waals surface area contributed by atoms with Crippen molar-refractivity contribution in [3.05, 3.63) is 20.2 Å². The van der Waals surface area contributed by atoms with Crippen LogP contribution in [0.4, 0.5) is 13.2 Å². The molecule has 0 radical (unpaired) electrons. The molecular weight excluding hydrogens is 349 g/mol. The van der Waals surface area contributed by atoms with E-state index in [0.29, 0.717) is 0 Å². The number of nitrogens with zero attached hydrogens (tertiary/aromatic N) is 2. The smallest absolute Gasteiger partial charge is 0.394 e. The van der Waals surface area contributed by atoms with Crippen molar-refractivity contribution in [3.8, 4) is 0 Å². The van der Waals surface area contributed by atoms with Crippen molar-refractivity contribution >= 4 is 23.2 Å². The number of hydrogen-bond acceptors (Lipinski definition) is 4. The topological polar surface area (TPSA) is 79.6 Å². The molecule has 0 spiro atoms. The van der Waals surface area contributed by atoms with E-state index in [1.807, 2.05) is 0 Å². The maximum absolute atomic E-state index is 12.9. The third kappa shape index (κ3) is 3.63. The Morgan fingerprint density at radius 2 is 1.92 bits per heavy atom. The van der Waals surface area contributed by atoms with Crippen molar-refractivity contribution in [1.82, 2.24) is 9.47 Å². The van der Waals surface area contributed by atoms with Crippen LogP contribution in [0.3, 0.4) is 0 Å². The predicted molar refractivity (Wildman–Crippen MR) is 79.9 cm³/mol. The van der Waals surface area contributed by atoms with Gasteiger partial charge < -0.3 is 14.6 Å². The fourth-order valence-corrected chi connectivity index (χ4v) is 3.66. The zero-order chi connectivity index (χ0) is 18.2. The Labute approximate surface area is 139 Å². The molecule has 0 aliphatic carbocycles. The standard InChI is InChI=1S/C14H17F3N2O4S/c1-7-8(2)24-13(23)19(7)4-3-11(20)18-5-9(12(21)22)10(6-18)14(15,16)17/h9-10H,3-6H2,1-2H3,(H,21,22)/t9-,10-/m1/s1. The number of alkyl halides is 3. The van der Waals surface area contributed by atoms with E-state index in [1.54, 1.807) is 13.8 Å². The summed E-state index contributed by atoms with van der Waals surface area (Å²) in [6.07, 6.45) is -4.82. The third-order valence-electron chi connectivity index (χ3n) is 4.33. The van der Waals surface area contributed by atoms with Crippen LogP contribution in [0.1, 0.15) is 17.0 Å². The number of carboxylic acids is 1. The molecule has 0 aromatic carbocycles. The van der Waals surface area contributed by atoms with E-state index in [0.717, 1.165) is 26.8 Å². The third-order valence-corrected chi connectivity index (χ3v) is 5.33. The van der Waals surface area contributed by atoms with E-state index in [4.69, 9.17) is 5.11 Å². The fourth-order valence-electron chi connectivity index (χ4n) is 2.80. The molecule has 0 saturated carbocycles. The lowest BCUT2D eigenvalue weighted by Crippen LogP contribution is -2.34. The lowest BCUT2D eigenvalue weighted by Gasteiger charge is -2.18. The largest absolute Gasteiger partial charge is 0.481 e. The summed E-state index contributed by atoms with van der Waals surface area (Å²) < 4.78 is 40.2. The summed E-state index contributed by atoms with van der Waals surface area (Å²) in [7, 11) is 0. The van der Waals surface area contributed by atoms with Crippen LogP contribution in [0, 0.1) is 25.7 Å². The predicted octanol–water partition coefficient (Wildman–Crippen LogP) is 1.64. The van der Waals surface area contributed by atoms with Gasteiger partial charge in [-0.15, -0.1) is 0 Å². The van der Waals surface area contributed by atoms with Crippen molar-refractivity contribution in [3.63, 3.8) is 0 Å². The van der Waals surface area contributed by atoms with Gasteiger partial charge in [-0.25, -0.2) is 0 Å². The molecule has 1 saturated heterocycles. The molecule has 2 atom stereocenters. The maximum atomic E-state index is 12.9. The van der Waals surface area contributed by atoms with Crippen LogP contribution in [-0.4, -0.2) is 45.7 Å². The van der Waals surface area contributed by atoms with Gasteiger partial charge >= 0.3 is 17.0 Å². The molecule has 1 aromatic heterocycles. The zero-order valence-corrected chi connectivity index (χ0v) is 13.9. The normalized spacial score (nSPS) is 21.3. The summed E-state index contributed by atoms with van der Waals surface area (Å²) in [5.74, 6) is -5.86. The summed E-state index contributed by atoms with van der Waals surface area (Å²) in [6, 6.07) is 0.